The molecule has 3 N–H and O–H groups in total. The van der Waals surface area contributed by atoms with Crippen LogP contribution in [0, 0.1) is 5.82 Å². The molecule has 1 unspecified atom stereocenters. The quantitative estimate of drug-likeness (QED) is 0.601. The number of ether oxygens (including phenoxy) is 1. The van der Waals surface area contributed by atoms with Crippen LogP contribution in [0.4, 0.5) is 17.6 Å². The Bertz CT molecular complexity index is 572. The van der Waals surface area contributed by atoms with Gasteiger partial charge in [0.25, 0.3) is 0 Å². The average Bonchev–Trinajstić information content (AvgIpc) is 2.92. The molecule has 1 aromatic rings. The van der Waals surface area contributed by atoms with Crippen LogP contribution in [-0.2, 0) is 4.79 Å². The molecule has 1 heterocycles. The highest BCUT2D eigenvalue weighted by atomic mass is 35.5. The predicted octanol–water partition coefficient (Wildman–Crippen LogP) is 2.91. The number of nitrogens with two attached hydrogens (primary N) is 1. The SMILES string of the molecule is NC1CCN(CCCOc2ccc(Cl)c(F)c2)C1.O=C(O)C(F)(F)F. The van der Waals surface area contributed by atoms with Gasteiger partial charge in [0.15, 0.2) is 0 Å². The van der Waals surface area contributed by atoms with E-state index in [0.717, 1.165) is 32.5 Å². The maximum absolute atomic E-state index is 13.1. The molecule has 0 spiro atoms. The Morgan fingerprint density at radius 1 is 1.44 bits per heavy atom. The van der Waals surface area contributed by atoms with Crippen molar-refractivity contribution < 1.29 is 32.2 Å². The van der Waals surface area contributed by atoms with E-state index in [4.69, 9.17) is 32.0 Å². The Morgan fingerprint density at radius 2 is 2.08 bits per heavy atom. The van der Waals surface area contributed by atoms with Crippen LogP contribution >= 0.6 is 11.6 Å². The molecule has 1 saturated heterocycles. The number of halogens is 5. The van der Waals surface area contributed by atoms with Crippen LogP contribution in [0.3, 0.4) is 0 Å². The van der Waals surface area contributed by atoms with E-state index in [1.165, 1.54) is 12.1 Å². The summed E-state index contributed by atoms with van der Waals surface area (Å²) in [5.41, 5.74) is 5.82. The van der Waals surface area contributed by atoms with Gasteiger partial charge in [0.2, 0.25) is 0 Å². The van der Waals surface area contributed by atoms with Crippen molar-refractivity contribution >= 4 is 17.6 Å². The lowest BCUT2D eigenvalue weighted by Crippen LogP contribution is -2.28. The van der Waals surface area contributed by atoms with E-state index in [9.17, 15) is 17.6 Å². The summed E-state index contributed by atoms with van der Waals surface area (Å²) in [5.74, 6) is -2.68. The van der Waals surface area contributed by atoms with Crippen molar-refractivity contribution in [2.75, 3.05) is 26.2 Å². The molecular formula is C15H19ClF4N2O3. The van der Waals surface area contributed by atoms with Gasteiger partial charge in [-0.05, 0) is 31.5 Å². The van der Waals surface area contributed by atoms with E-state index in [2.05, 4.69) is 4.90 Å². The first-order valence-corrected chi connectivity index (χ1v) is 7.83. The number of hydrogen-bond donors (Lipinski definition) is 2. The first kappa shape index (κ1) is 21.5. The number of likely N-dealkylation sites (tertiary alicyclic amines) is 1. The summed E-state index contributed by atoms with van der Waals surface area (Å²) in [6.45, 7) is 3.59. The zero-order valence-corrected chi connectivity index (χ0v) is 14.0. The summed E-state index contributed by atoms with van der Waals surface area (Å²) in [4.78, 5) is 11.2. The molecule has 0 amide bonds. The standard InChI is InChI=1S/C13H18ClFN2O.C2HF3O2/c14-12-3-2-11(8-13(12)15)18-7-1-5-17-6-4-10(16)9-17;3-2(4,5)1(6)7/h2-3,8,10H,1,4-7,9,16H2;(H,6,7). The lowest BCUT2D eigenvalue weighted by Gasteiger charge is -2.15. The molecule has 10 heteroatoms. The van der Waals surface area contributed by atoms with Gasteiger partial charge in [-0.1, -0.05) is 11.6 Å². The third kappa shape index (κ3) is 8.37. The van der Waals surface area contributed by atoms with E-state index in [1.807, 2.05) is 0 Å². The lowest BCUT2D eigenvalue weighted by atomic mass is 10.3. The van der Waals surface area contributed by atoms with Crippen molar-refractivity contribution in [1.29, 1.82) is 0 Å². The van der Waals surface area contributed by atoms with Crippen LogP contribution in [0.5, 0.6) is 5.75 Å². The van der Waals surface area contributed by atoms with Crippen molar-refractivity contribution in [2.24, 2.45) is 5.73 Å². The van der Waals surface area contributed by atoms with Gasteiger partial charge < -0.3 is 20.5 Å². The van der Waals surface area contributed by atoms with Gasteiger partial charge in [-0.15, -0.1) is 0 Å². The topological polar surface area (TPSA) is 75.8 Å². The molecule has 1 fully saturated rings. The molecule has 2 rings (SSSR count). The van der Waals surface area contributed by atoms with Crippen molar-refractivity contribution in [3.63, 3.8) is 0 Å². The molecule has 25 heavy (non-hydrogen) atoms. The zero-order valence-electron chi connectivity index (χ0n) is 13.2. The van der Waals surface area contributed by atoms with E-state index in [0.29, 0.717) is 18.4 Å². The van der Waals surface area contributed by atoms with Crippen LogP contribution in [0.1, 0.15) is 12.8 Å². The summed E-state index contributed by atoms with van der Waals surface area (Å²) in [7, 11) is 0. The van der Waals surface area contributed by atoms with Gasteiger partial charge in [-0.3, -0.25) is 0 Å². The van der Waals surface area contributed by atoms with Crippen LogP contribution < -0.4 is 10.5 Å². The number of alkyl halides is 3. The second-order valence-electron chi connectivity index (χ2n) is 5.43. The molecule has 0 aromatic heterocycles. The van der Waals surface area contributed by atoms with E-state index >= 15 is 0 Å². The summed E-state index contributed by atoms with van der Waals surface area (Å²) in [5, 5.41) is 7.24. The smallest absolute Gasteiger partial charge is 0.490 e. The Morgan fingerprint density at radius 3 is 2.56 bits per heavy atom. The van der Waals surface area contributed by atoms with Crippen LogP contribution in [-0.4, -0.2) is 54.4 Å². The Kier molecular flexibility index (Phi) is 8.40. The zero-order chi connectivity index (χ0) is 19.0. The van der Waals surface area contributed by atoms with Gasteiger partial charge in [0.05, 0.1) is 11.6 Å². The monoisotopic (exact) mass is 386 g/mol. The lowest BCUT2D eigenvalue weighted by molar-refractivity contribution is -0.192. The second-order valence-corrected chi connectivity index (χ2v) is 5.84. The molecule has 0 saturated carbocycles. The van der Waals surface area contributed by atoms with Crippen LogP contribution in [0.25, 0.3) is 0 Å². The van der Waals surface area contributed by atoms with Gasteiger partial charge in [0, 0.05) is 25.2 Å². The molecule has 1 atom stereocenters. The summed E-state index contributed by atoms with van der Waals surface area (Å²) < 4.78 is 50.4. The van der Waals surface area contributed by atoms with Crippen molar-refractivity contribution in [3.8, 4) is 5.75 Å². The van der Waals surface area contributed by atoms with Gasteiger partial charge in [-0.25, -0.2) is 9.18 Å². The van der Waals surface area contributed by atoms with E-state index in [1.54, 1.807) is 6.07 Å². The third-order valence-electron chi connectivity index (χ3n) is 3.33. The van der Waals surface area contributed by atoms with Crippen LogP contribution in [0.15, 0.2) is 18.2 Å². The summed E-state index contributed by atoms with van der Waals surface area (Å²) in [6.07, 6.45) is -3.10. The highest BCUT2D eigenvalue weighted by molar-refractivity contribution is 6.30. The largest absolute Gasteiger partial charge is 0.493 e. The summed E-state index contributed by atoms with van der Waals surface area (Å²) >= 11 is 5.59. The molecule has 0 bridgehead atoms. The number of carboxylic acid groups (broad SMARTS) is 1. The van der Waals surface area contributed by atoms with E-state index in [-0.39, 0.29) is 5.02 Å². The number of benzene rings is 1. The Hall–Kier alpha value is -1.58. The van der Waals surface area contributed by atoms with Crippen molar-refractivity contribution in [2.45, 2.75) is 25.1 Å². The maximum Gasteiger partial charge on any atom is 0.490 e. The number of carbonyl (C=O) groups is 1. The number of rotatable bonds is 5. The molecule has 0 aliphatic carbocycles. The fourth-order valence-corrected chi connectivity index (χ4v) is 2.23. The van der Waals surface area contributed by atoms with Gasteiger partial charge in [-0.2, -0.15) is 13.2 Å². The molecule has 0 radical (unpaired) electrons. The first-order chi connectivity index (χ1) is 11.6. The van der Waals surface area contributed by atoms with Gasteiger partial charge >= 0.3 is 12.1 Å². The number of carboxylic acids is 1. The minimum absolute atomic E-state index is 0.119. The third-order valence-corrected chi connectivity index (χ3v) is 3.64. The van der Waals surface area contributed by atoms with E-state index < -0.39 is 18.0 Å². The molecule has 5 nitrogen and oxygen atoms in total. The van der Waals surface area contributed by atoms with Crippen molar-refractivity contribution in [3.05, 3.63) is 29.0 Å². The maximum atomic E-state index is 13.1. The molecule has 1 aromatic carbocycles. The molecular weight excluding hydrogens is 368 g/mol. The number of nitrogens with zero attached hydrogens (tertiary/aromatic N) is 1. The summed E-state index contributed by atoms with van der Waals surface area (Å²) in [6, 6.07) is 4.81. The van der Waals surface area contributed by atoms with Gasteiger partial charge in [0.1, 0.15) is 11.6 Å². The Labute approximate surface area is 147 Å². The first-order valence-electron chi connectivity index (χ1n) is 7.45. The second kappa shape index (κ2) is 9.79. The Balaban J connectivity index is 0.000000381. The number of hydrogen-bond acceptors (Lipinski definition) is 4. The number of aliphatic carboxylic acids is 1. The van der Waals surface area contributed by atoms with Crippen LogP contribution in [0.2, 0.25) is 5.02 Å². The minimum atomic E-state index is -5.08. The fraction of sp³-hybridized carbons (Fsp3) is 0.533. The highest BCUT2D eigenvalue weighted by Crippen LogP contribution is 2.20. The normalized spacial score (nSPS) is 17.8. The predicted molar refractivity (Wildman–Crippen MR) is 84.2 cm³/mol. The highest BCUT2D eigenvalue weighted by Gasteiger charge is 2.38. The van der Waals surface area contributed by atoms with Crippen molar-refractivity contribution in [1.82, 2.24) is 4.90 Å². The fourth-order valence-electron chi connectivity index (χ4n) is 2.11. The molecule has 142 valence electrons. The minimum Gasteiger partial charge on any atom is -0.493 e. The molecule has 1 aliphatic heterocycles. The average molecular weight is 387 g/mol. The molecule has 1 aliphatic rings.